The van der Waals surface area contributed by atoms with E-state index in [2.05, 4.69) is 54.0 Å². The SMILES string of the molecule is C=COc1cc2c(cc1OC=C)C(C)(C)CC1(CC(C)(C)c3cc(OC=C)c(OC=C)cc3O1)O2. The Morgan fingerprint density at radius 1 is 0.600 bits per heavy atom. The van der Waals surface area contributed by atoms with Crippen LogP contribution in [-0.2, 0) is 10.8 Å². The fourth-order valence-corrected chi connectivity index (χ4v) is 5.20. The first kappa shape index (κ1) is 24.3. The van der Waals surface area contributed by atoms with E-state index >= 15 is 0 Å². The standard InChI is InChI=1S/C29H32O6/c1-9-30-23-13-19-21(15-25(23)32-11-3)34-29(17-27(19,5)6)18-28(7,8)20-14-24(31-10-2)26(33-12-4)16-22(20)35-29/h9-16H,1-4,17-18H2,5-8H3. The van der Waals surface area contributed by atoms with Crippen LogP contribution in [0.3, 0.4) is 0 Å². The van der Waals surface area contributed by atoms with E-state index in [9.17, 15) is 0 Å². The third-order valence-electron chi connectivity index (χ3n) is 6.41. The van der Waals surface area contributed by atoms with Crippen LogP contribution in [0.2, 0.25) is 0 Å². The van der Waals surface area contributed by atoms with E-state index < -0.39 is 5.79 Å². The average molecular weight is 477 g/mol. The molecular formula is C29H32O6. The summed E-state index contributed by atoms with van der Waals surface area (Å²) in [7, 11) is 0. The van der Waals surface area contributed by atoms with Crippen molar-refractivity contribution >= 4 is 0 Å². The van der Waals surface area contributed by atoms with E-state index in [0.717, 1.165) is 11.1 Å². The van der Waals surface area contributed by atoms with Gasteiger partial charge < -0.3 is 28.4 Å². The van der Waals surface area contributed by atoms with Crippen molar-refractivity contribution in [2.45, 2.75) is 57.2 Å². The van der Waals surface area contributed by atoms with Crippen LogP contribution in [0.5, 0.6) is 34.5 Å². The van der Waals surface area contributed by atoms with E-state index in [1.807, 2.05) is 24.3 Å². The summed E-state index contributed by atoms with van der Waals surface area (Å²) in [6.45, 7) is 23.3. The molecule has 35 heavy (non-hydrogen) atoms. The normalized spacial score (nSPS) is 17.9. The predicted molar refractivity (Wildman–Crippen MR) is 135 cm³/mol. The van der Waals surface area contributed by atoms with E-state index in [4.69, 9.17) is 28.4 Å². The molecule has 1 spiro atoms. The molecule has 0 N–H and O–H groups in total. The lowest BCUT2D eigenvalue weighted by atomic mass is 9.69. The first-order chi connectivity index (χ1) is 16.6. The van der Waals surface area contributed by atoms with Gasteiger partial charge in [0, 0.05) is 46.9 Å². The van der Waals surface area contributed by atoms with Crippen LogP contribution in [0, 0.1) is 0 Å². The first-order valence-corrected chi connectivity index (χ1v) is 11.4. The molecule has 0 saturated heterocycles. The zero-order valence-electron chi connectivity index (χ0n) is 20.8. The summed E-state index contributed by atoms with van der Waals surface area (Å²) < 4.78 is 35.7. The van der Waals surface area contributed by atoms with Gasteiger partial charge in [-0.1, -0.05) is 54.0 Å². The first-order valence-electron chi connectivity index (χ1n) is 11.4. The van der Waals surface area contributed by atoms with Crippen LogP contribution in [0.15, 0.2) is 75.6 Å². The molecule has 0 fully saturated rings. The number of rotatable bonds is 8. The third-order valence-corrected chi connectivity index (χ3v) is 6.41. The zero-order chi connectivity index (χ0) is 25.4. The molecule has 0 aliphatic carbocycles. The van der Waals surface area contributed by atoms with Crippen molar-refractivity contribution in [3.63, 3.8) is 0 Å². The Balaban J connectivity index is 1.82. The third kappa shape index (κ3) is 4.36. The molecule has 4 rings (SSSR count). The molecule has 0 unspecified atom stereocenters. The molecule has 0 amide bonds. The van der Waals surface area contributed by atoms with Gasteiger partial charge in [-0.2, -0.15) is 0 Å². The second-order valence-corrected chi connectivity index (χ2v) is 9.96. The van der Waals surface area contributed by atoms with Crippen molar-refractivity contribution in [2.24, 2.45) is 0 Å². The summed E-state index contributed by atoms with van der Waals surface area (Å²) >= 11 is 0. The number of benzene rings is 2. The Bertz CT molecular complexity index is 1100. The van der Waals surface area contributed by atoms with Crippen molar-refractivity contribution in [2.75, 3.05) is 0 Å². The van der Waals surface area contributed by atoms with Crippen molar-refractivity contribution in [1.82, 2.24) is 0 Å². The topological polar surface area (TPSA) is 55.4 Å². The van der Waals surface area contributed by atoms with E-state index in [1.165, 1.54) is 25.0 Å². The molecule has 6 nitrogen and oxygen atoms in total. The summed E-state index contributed by atoms with van der Waals surface area (Å²) in [5, 5.41) is 0. The molecule has 2 aromatic rings. The highest BCUT2D eigenvalue weighted by Gasteiger charge is 2.53. The van der Waals surface area contributed by atoms with E-state index in [1.54, 1.807) is 0 Å². The molecule has 0 bridgehead atoms. The molecule has 2 heterocycles. The van der Waals surface area contributed by atoms with Crippen molar-refractivity contribution in [3.8, 4) is 34.5 Å². The number of hydrogen-bond donors (Lipinski definition) is 0. The van der Waals surface area contributed by atoms with Crippen LogP contribution in [0.4, 0.5) is 0 Å². The lowest BCUT2D eigenvalue weighted by Gasteiger charge is -2.51. The van der Waals surface area contributed by atoms with Gasteiger partial charge in [-0.3, -0.25) is 0 Å². The van der Waals surface area contributed by atoms with Crippen LogP contribution < -0.4 is 28.4 Å². The fraction of sp³-hybridized carbons (Fsp3) is 0.310. The van der Waals surface area contributed by atoms with Gasteiger partial charge in [0.2, 0.25) is 0 Å². The summed E-state index contributed by atoms with van der Waals surface area (Å²) in [6, 6.07) is 7.49. The highest BCUT2D eigenvalue weighted by atomic mass is 16.7. The highest BCUT2D eigenvalue weighted by molar-refractivity contribution is 5.57. The molecule has 0 aromatic heterocycles. The average Bonchev–Trinajstić information content (AvgIpc) is 2.75. The molecule has 184 valence electrons. The molecule has 0 atom stereocenters. The number of fused-ring (bicyclic) bond motifs is 2. The number of hydrogen-bond acceptors (Lipinski definition) is 6. The quantitative estimate of drug-likeness (QED) is 0.373. The Morgan fingerprint density at radius 2 is 0.914 bits per heavy atom. The van der Waals surface area contributed by atoms with Gasteiger partial charge in [-0.15, -0.1) is 0 Å². The largest absolute Gasteiger partial charge is 0.462 e. The van der Waals surface area contributed by atoms with Crippen molar-refractivity contribution in [1.29, 1.82) is 0 Å². The van der Waals surface area contributed by atoms with Crippen LogP contribution >= 0.6 is 0 Å². The van der Waals surface area contributed by atoms with Gasteiger partial charge in [-0.25, -0.2) is 0 Å². The van der Waals surface area contributed by atoms with Crippen LogP contribution in [-0.4, -0.2) is 5.79 Å². The summed E-state index contributed by atoms with van der Waals surface area (Å²) in [6.07, 6.45) is 6.67. The minimum Gasteiger partial charge on any atom is -0.462 e. The maximum Gasteiger partial charge on any atom is 0.252 e. The Hall–Kier alpha value is -3.80. The monoisotopic (exact) mass is 476 g/mol. The zero-order valence-corrected chi connectivity index (χ0v) is 20.8. The molecule has 0 radical (unpaired) electrons. The van der Waals surface area contributed by atoms with Gasteiger partial charge in [0.05, 0.1) is 25.0 Å². The molecule has 0 saturated carbocycles. The highest BCUT2D eigenvalue weighted by Crippen LogP contribution is 2.56. The lowest BCUT2D eigenvalue weighted by molar-refractivity contribution is -0.166. The Morgan fingerprint density at radius 3 is 1.23 bits per heavy atom. The summed E-state index contributed by atoms with van der Waals surface area (Å²) in [5.74, 6) is 2.48. The van der Waals surface area contributed by atoms with Crippen LogP contribution in [0.25, 0.3) is 0 Å². The van der Waals surface area contributed by atoms with Gasteiger partial charge in [0.1, 0.15) is 11.5 Å². The van der Waals surface area contributed by atoms with Gasteiger partial charge >= 0.3 is 0 Å². The summed E-state index contributed by atoms with van der Waals surface area (Å²) in [4.78, 5) is 0. The Labute approximate surface area is 207 Å². The Kier molecular flexibility index (Phi) is 6.09. The van der Waals surface area contributed by atoms with Crippen molar-refractivity contribution < 1.29 is 28.4 Å². The van der Waals surface area contributed by atoms with Gasteiger partial charge in [-0.05, 0) is 12.1 Å². The molecular weight excluding hydrogens is 444 g/mol. The second kappa shape index (κ2) is 8.77. The maximum atomic E-state index is 6.66. The second-order valence-electron chi connectivity index (χ2n) is 9.96. The molecule has 2 aliphatic rings. The molecule has 2 aliphatic heterocycles. The molecule has 2 aromatic carbocycles. The van der Waals surface area contributed by atoms with E-state index in [0.29, 0.717) is 47.3 Å². The summed E-state index contributed by atoms with van der Waals surface area (Å²) in [5.41, 5.74) is 1.40. The number of ether oxygens (including phenoxy) is 6. The minimum absolute atomic E-state index is 0.292. The van der Waals surface area contributed by atoms with Crippen LogP contribution in [0.1, 0.15) is 51.7 Å². The van der Waals surface area contributed by atoms with E-state index in [-0.39, 0.29) is 10.8 Å². The lowest BCUT2D eigenvalue weighted by Crippen LogP contribution is -2.55. The van der Waals surface area contributed by atoms with Gasteiger partial charge in [0.25, 0.3) is 5.79 Å². The predicted octanol–water partition coefficient (Wildman–Crippen LogP) is 7.29. The van der Waals surface area contributed by atoms with Crippen molar-refractivity contribution in [3.05, 3.63) is 86.8 Å². The van der Waals surface area contributed by atoms with Gasteiger partial charge in [0.15, 0.2) is 23.0 Å². The smallest absolute Gasteiger partial charge is 0.252 e. The minimum atomic E-state index is -0.911. The molecule has 6 heteroatoms. The maximum absolute atomic E-state index is 6.66. The fourth-order valence-electron chi connectivity index (χ4n) is 5.20.